The molecule has 0 nitrogen and oxygen atoms in total. The molecule has 17 heavy (non-hydrogen) atoms. The summed E-state index contributed by atoms with van der Waals surface area (Å²) in [5.74, 6) is 0. The van der Waals surface area contributed by atoms with E-state index in [1.807, 2.05) is 18.4 Å². The molecule has 1 aromatic heterocycles. The Morgan fingerprint density at radius 1 is 1.18 bits per heavy atom. The van der Waals surface area contributed by atoms with Crippen LogP contribution in [0.3, 0.4) is 0 Å². The molecule has 1 aromatic carbocycles. The van der Waals surface area contributed by atoms with Gasteiger partial charge >= 0.3 is 6.18 Å². The van der Waals surface area contributed by atoms with Gasteiger partial charge in [0.2, 0.25) is 0 Å². The van der Waals surface area contributed by atoms with E-state index in [9.17, 15) is 13.2 Å². The first-order chi connectivity index (χ1) is 7.89. The van der Waals surface area contributed by atoms with Gasteiger partial charge in [0.25, 0.3) is 0 Å². The van der Waals surface area contributed by atoms with Gasteiger partial charge in [0.1, 0.15) is 0 Å². The van der Waals surface area contributed by atoms with Crippen LogP contribution in [0.15, 0.2) is 29.6 Å². The summed E-state index contributed by atoms with van der Waals surface area (Å²) in [5, 5.41) is 2.02. The van der Waals surface area contributed by atoms with Crippen LogP contribution < -0.4 is 0 Å². The highest BCUT2D eigenvalue weighted by Crippen LogP contribution is 2.38. The van der Waals surface area contributed by atoms with Crippen molar-refractivity contribution in [3.63, 3.8) is 0 Å². The summed E-state index contributed by atoms with van der Waals surface area (Å²) < 4.78 is 37.4. The summed E-state index contributed by atoms with van der Waals surface area (Å²) in [7, 11) is 0. The molecule has 2 aromatic rings. The lowest BCUT2D eigenvalue weighted by atomic mass is 10.1. The van der Waals surface area contributed by atoms with Crippen LogP contribution in [0.4, 0.5) is 13.2 Å². The monoisotopic (exact) mass is 276 g/mol. The topological polar surface area (TPSA) is 0 Å². The number of rotatable bonds is 1. The van der Waals surface area contributed by atoms with Gasteiger partial charge in [0, 0.05) is 15.5 Å². The maximum Gasteiger partial charge on any atom is 0.416 e. The van der Waals surface area contributed by atoms with Crippen molar-refractivity contribution in [2.45, 2.75) is 13.1 Å². The minimum atomic E-state index is -4.35. The molecule has 0 N–H and O–H groups in total. The van der Waals surface area contributed by atoms with Crippen LogP contribution >= 0.6 is 22.9 Å². The van der Waals surface area contributed by atoms with Crippen LogP contribution in [0.25, 0.3) is 10.4 Å². The second-order valence-corrected chi connectivity index (χ2v) is 4.95. The molecule has 1 heterocycles. The molecule has 0 radical (unpaired) electrons. The number of hydrogen-bond acceptors (Lipinski definition) is 1. The Bertz CT molecular complexity index is 543. The molecule has 90 valence electrons. The molecule has 0 amide bonds. The van der Waals surface area contributed by atoms with E-state index >= 15 is 0 Å². The van der Waals surface area contributed by atoms with Crippen molar-refractivity contribution in [3.05, 3.63) is 45.8 Å². The number of thiophene rings is 1. The SMILES string of the molecule is Cc1ccsc1-c1ccc(C(F)(F)F)cc1Cl. The molecule has 0 saturated carbocycles. The summed E-state index contributed by atoms with van der Waals surface area (Å²) in [4.78, 5) is 0.906. The lowest BCUT2D eigenvalue weighted by Gasteiger charge is -2.09. The van der Waals surface area contributed by atoms with Crippen LogP contribution in [0.1, 0.15) is 11.1 Å². The first-order valence-electron chi connectivity index (χ1n) is 4.81. The largest absolute Gasteiger partial charge is 0.416 e. The van der Waals surface area contributed by atoms with Gasteiger partial charge in [0.05, 0.1) is 5.56 Å². The van der Waals surface area contributed by atoms with Crippen molar-refractivity contribution in [1.82, 2.24) is 0 Å². The van der Waals surface area contributed by atoms with E-state index in [0.29, 0.717) is 5.56 Å². The fraction of sp³-hybridized carbons (Fsp3) is 0.167. The van der Waals surface area contributed by atoms with Gasteiger partial charge in [-0.3, -0.25) is 0 Å². The van der Waals surface area contributed by atoms with Gasteiger partial charge in [-0.2, -0.15) is 13.2 Å². The minimum absolute atomic E-state index is 0.130. The van der Waals surface area contributed by atoms with Crippen LogP contribution in [-0.4, -0.2) is 0 Å². The van der Waals surface area contributed by atoms with E-state index in [2.05, 4.69) is 0 Å². The predicted molar refractivity (Wildman–Crippen MR) is 64.5 cm³/mol. The molecule has 0 aliphatic rings. The first kappa shape index (κ1) is 12.5. The predicted octanol–water partition coefficient (Wildman–Crippen LogP) is 5.40. The molecular weight excluding hydrogens is 269 g/mol. The highest BCUT2D eigenvalue weighted by Gasteiger charge is 2.31. The first-order valence-corrected chi connectivity index (χ1v) is 6.06. The van der Waals surface area contributed by atoms with Crippen molar-refractivity contribution in [1.29, 1.82) is 0 Å². The van der Waals surface area contributed by atoms with Gasteiger partial charge in [-0.25, -0.2) is 0 Å². The molecule has 2 rings (SSSR count). The molecule has 0 fully saturated rings. The number of alkyl halides is 3. The molecule has 0 atom stereocenters. The van der Waals surface area contributed by atoms with Crippen molar-refractivity contribution in [3.8, 4) is 10.4 Å². The third-order valence-electron chi connectivity index (χ3n) is 2.40. The maximum atomic E-state index is 12.5. The molecular formula is C12H8ClF3S. The highest BCUT2D eigenvalue weighted by molar-refractivity contribution is 7.13. The standard InChI is InChI=1S/C12H8ClF3S/c1-7-4-5-17-11(7)9-3-2-8(6-10(9)13)12(14,15)16/h2-6H,1H3. The summed E-state index contributed by atoms with van der Waals surface area (Å²) in [6.45, 7) is 1.90. The second kappa shape index (κ2) is 4.35. The maximum absolute atomic E-state index is 12.5. The lowest BCUT2D eigenvalue weighted by molar-refractivity contribution is -0.137. The van der Waals surface area contributed by atoms with Crippen LogP contribution in [0.2, 0.25) is 5.02 Å². The van der Waals surface area contributed by atoms with Crippen molar-refractivity contribution < 1.29 is 13.2 Å². The minimum Gasteiger partial charge on any atom is -0.166 e. The number of aryl methyl sites for hydroxylation is 1. The Labute approximate surface area is 106 Å². The summed E-state index contributed by atoms with van der Waals surface area (Å²) in [6.07, 6.45) is -4.35. The Hall–Kier alpha value is -1.00. The van der Waals surface area contributed by atoms with Crippen molar-refractivity contribution >= 4 is 22.9 Å². The zero-order valence-electron chi connectivity index (χ0n) is 8.81. The van der Waals surface area contributed by atoms with E-state index in [4.69, 9.17) is 11.6 Å². The normalized spacial score (nSPS) is 11.8. The number of halogens is 4. The zero-order valence-corrected chi connectivity index (χ0v) is 10.4. The third kappa shape index (κ3) is 2.48. The Balaban J connectivity index is 2.50. The molecule has 5 heteroatoms. The molecule has 0 unspecified atom stereocenters. The molecule has 0 saturated heterocycles. The van der Waals surface area contributed by atoms with Crippen molar-refractivity contribution in [2.24, 2.45) is 0 Å². The summed E-state index contributed by atoms with van der Waals surface area (Å²) in [6, 6.07) is 5.36. The van der Waals surface area contributed by atoms with Gasteiger partial charge in [-0.05, 0) is 36.1 Å². The van der Waals surface area contributed by atoms with Gasteiger partial charge in [0.15, 0.2) is 0 Å². The van der Waals surface area contributed by atoms with Crippen LogP contribution in [0.5, 0.6) is 0 Å². The fourth-order valence-electron chi connectivity index (χ4n) is 1.52. The Morgan fingerprint density at radius 2 is 1.88 bits per heavy atom. The Morgan fingerprint density at radius 3 is 2.35 bits per heavy atom. The summed E-state index contributed by atoms with van der Waals surface area (Å²) >= 11 is 7.37. The van der Waals surface area contributed by atoms with Gasteiger partial charge in [-0.15, -0.1) is 11.3 Å². The average Bonchev–Trinajstić information content (AvgIpc) is 2.63. The number of hydrogen-bond donors (Lipinski definition) is 0. The van der Waals surface area contributed by atoms with E-state index in [0.717, 1.165) is 22.6 Å². The van der Waals surface area contributed by atoms with Crippen LogP contribution in [0, 0.1) is 6.92 Å². The van der Waals surface area contributed by atoms with E-state index in [1.165, 1.54) is 17.4 Å². The zero-order chi connectivity index (χ0) is 12.6. The fourth-order valence-corrected chi connectivity index (χ4v) is 2.82. The van der Waals surface area contributed by atoms with E-state index in [-0.39, 0.29) is 5.02 Å². The van der Waals surface area contributed by atoms with E-state index < -0.39 is 11.7 Å². The lowest BCUT2D eigenvalue weighted by Crippen LogP contribution is -2.04. The van der Waals surface area contributed by atoms with Gasteiger partial charge in [-0.1, -0.05) is 17.7 Å². The molecule has 0 aliphatic carbocycles. The Kier molecular flexibility index (Phi) is 3.19. The second-order valence-electron chi connectivity index (χ2n) is 3.63. The average molecular weight is 277 g/mol. The third-order valence-corrected chi connectivity index (χ3v) is 3.77. The molecule has 0 spiro atoms. The molecule has 0 bridgehead atoms. The molecule has 0 aliphatic heterocycles. The van der Waals surface area contributed by atoms with Crippen LogP contribution in [-0.2, 0) is 6.18 Å². The summed E-state index contributed by atoms with van der Waals surface area (Å²) in [5.41, 5.74) is 0.935. The van der Waals surface area contributed by atoms with E-state index in [1.54, 1.807) is 0 Å². The smallest absolute Gasteiger partial charge is 0.166 e. The van der Waals surface area contributed by atoms with Crippen molar-refractivity contribution in [2.75, 3.05) is 0 Å². The highest BCUT2D eigenvalue weighted by atomic mass is 35.5. The van der Waals surface area contributed by atoms with Gasteiger partial charge < -0.3 is 0 Å². The quantitative estimate of drug-likeness (QED) is 0.654. The number of benzene rings is 1.